The van der Waals surface area contributed by atoms with Crippen LogP contribution in [-0.4, -0.2) is 23.7 Å². The molecule has 0 aromatic carbocycles. The van der Waals surface area contributed by atoms with E-state index in [2.05, 4.69) is 10.5 Å². The van der Waals surface area contributed by atoms with Gasteiger partial charge in [0.15, 0.2) is 5.69 Å². The predicted octanol–water partition coefficient (Wildman–Crippen LogP) is 1.44. The number of nitrogens with two attached hydrogens (primary N) is 1. The van der Waals surface area contributed by atoms with Gasteiger partial charge in [-0.1, -0.05) is 25.9 Å². The molecule has 1 heterocycles. The summed E-state index contributed by atoms with van der Waals surface area (Å²) in [5.41, 5.74) is 6.10. The molecule has 1 saturated carbocycles. The number of nitrogens with zero attached hydrogens (tertiary/aromatic N) is 1. The van der Waals surface area contributed by atoms with Gasteiger partial charge in [0, 0.05) is 24.1 Å². The van der Waals surface area contributed by atoms with Crippen molar-refractivity contribution in [1.82, 2.24) is 10.5 Å². The molecular weight excluding hydrogens is 230 g/mol. The number of amides is 1. The van der Waals surface area contributed by atoms with Crippen molar-refractivity contribution in [2.75, 3.05) is 6.54 Å². The molecule has 3 N–H and O–H groups in total. The second kappa shape index (κ2) is 4.72. The second-order valence-corrected chi connectivity index (χ2v) is 6.04. The van der Waals surface area contributed by atoms with E-state index in [1.54, 1.807) is 6.07 Å². The first-order chi connectivity index (χ1) is 8.38. The van der Waals surface area contributed by atoms with Gasteiger partial charge in [0.2, 0.25) is 0 Å². The molecule has 1 unspecified atom stereocenters. The Morgan fingerprint density at radius 2 is 2.28 bits per heavy atom. The first-order valence-electron chi connectivity index (χ1n) is 6.39. The van der Waals surface area contributed by atoms with Crippen LogP contribution in [0.5, 0.6) is 0 Å². The molecule has 100 valence electrons. The van der Waals surface area contributed by atoms with Crippen LogP contribution in [-0.2, 0) is 5.41 Å². The van der Waals surface area contributed by atoms with E-state index < -0.39 is 0 Å². The summed E-state index contributed by atoms with van der Waals surface area (Å²) in [6.45, 7) is 6.54. The normalized spacial score (nSPS) is 17.6. The highest BCUT2D eigenvalue weighted by atomic mass is 16.5. The van der Waals surface area contributed by atoms with E-state index >= 15 is 0 Å². The SMILES string of the molecule is CC(C)(C)c1cc(C(=O)NCC(N)C2CC2)no1. The molecule has 5 heteroatoms. The van der Waals surface area contributed by atoms with Gasteiger partial charge >= 0.3 is 0 Å². The molecule has 1 atom stereocenters. The Hall–Kier alpha value is -1.36. The summed E-state index contributed by atoms with van der Waals surface area (Å²) < 4.78 is 5.17. The van der Waals surface area contributed by atoms with E-state index in [4.69, 9.17) is 10.3 Å². The van der Waals surface area contributed by atoms with Gasteiger partial charge in [0.25, 0.3) is 5.91 Å². The highest BCUT2D eigenvalue weighted by Crippen LogP contribution is 2.31. The molecule has 1 fully saturated rings. The van der Waals surface area contributed by atoms with Crippen LogP contribution in [0.3, 0.4) is 0 Å². The largest absolute Gasteiger partial charge is 0.360 e. The lowest BCUT2D eigenvalue weighted by atomic mass is 9.93. The molecule has 1 aliphatic carbocycles. The van der Waals surface area contributed by atoms with Gasteiger partial charge in [0.05, 0.1) is 0 Å². The van der Waals surface area contributed by atoms with Gasteiger partial charge in [-0.3, -0.25) is 4.79 Å². The van der Waals surface area contributed by atoms with E-state index in [-0.39, 0.29) is 17.4 Å². The molecule has 1 aliphatic rings. The van der Waals surface area contributed by atoms with Crippen LogP contribution in [0.4, 0.5) is 0 Å². The summed E-state index contributed by atoms with van der Waals surface area (Å²) in [5.74, 6) is 1.07. The summed E-state index contributed by atoms with van der Waals surface area (Å²) >= 11 is 0. The zero-order chi connectivity index (χ0) is 13.3. The van der Waals surface area contributed by atoms with Gasteiger partial charge in [-0.2, -0.15) is 0 Å². The molecule has 1 aromatic heterocycles. The van der Waals surface area contributed by atoms with Gasteiger partial charge in [-0.05, 0) is 18.8 Å². The third-order valence-electron chi connectivity index (χ3n) is 3.21. The quantitative estimate of drug-likeness (QED) is 0.848. The average molecular weight is 251 g/mol. The zero-order valence-electron chi connectivity index (χ0n) is 11.2. The second-order valence-electron chi connectivity index (χ2n) is 6.04. The van der Waals surface area contributed by atoms with Crippen molar-refractivity contribution in [2.24, 2.45) is 11.7 Å². The van der Waals surface area contributed by atoms with Gasteiger partial charge in [0.1, 0.15) is 5.76 Å². The monoisotopic (exact) mass is 251 g/mol. The highest BCUT2D eigenvalue weighted by molar-refractivity contribution is 5.92. The van der Waals surface area contributed by atoms with E-state index in [1.165, 1.54) is 12.8 Å². The molecule has 0 radical (unpaired) electrons. The van der Waals surface area contributed by atoms with Crippen molar-refractivity contribution < 1.29 is 9.32 Å². The van der Waals surface area contributed by atoms with Gasteiger partial charge in [-0.15, -0.1) is 0 Å². The molecule has 1 amide bonds. The maximum Gasteiger partial charge on any atom is 0.273 e. The maximum absolute atomic E-state index is 11.8. The fraction of sp³-hybridized carbons (Fsp3) is 0.692. The first kappa shape index (κ1) is 13.1. The van der Waals surface area contributed by atoms with Crippen molar-refractivity contribution in [3.63, 3.8) is 0 Å². The van der Waals surface area contributed by atoms with Crippen LogP contribution < -0.4 is 11.1 Å². The molecule has 5 nitrogen and oxygen atoms in total. The minimum absolute atomic E-state index is 0.0583. The zero-order valence-corrected chi connectivity index (χ0v) is 11.2. The lowest BCUT2D eigenvalue weighted by molar-refractivity contribution is 0.0941. The number of hydrogen-bond donors (Lipinski definition) is 2. The first-order valence-corrected chi connectivity index (χ1v) is 6.39. The topological polar surface area (TPSA) is 81.2 Å². The van der Waals surface area contributed by atoms with Crippen molar-refractivity contribution in [3.05, 3.63) is 17.5 Å². The number of hydrogen-bond acceptors (Lipinski definition) is 4. The molecule has 0 saturated heterocycles. The molecule has 2 rings (SSSR count). The number of carbonyl (C=O) groups is 1. The standard InChI is InChI=1S/C13H21N3O2/c1-13(2,3)11-6-10(16-18-11)12(17)15-7-9(14)8-4-5-8/h6,8-9H,4-5,7,14H2,1-3H3,(H,15,17). The molecule has 0 aliphatic heterocycles. The Kier molecular flexibility index (Phi) is 3.43. The Morgan fingerprint density at radius 3 is 2.78 bits per heavy atom. The number of nitrogens with one attached hydrogen (secondary N) is 1. The summed E-state index contributed by atoms with van der Waals surface area (Å²) in [6, 6.07) is 1.75. The number of aromatic nitrogens is 1. The van der Waals surface area contributed by atoms with Crippen LogP contribution in [0.15, 0.2) is 10.6 Å². The van der Waals surface area contributed by atoms with E-state index in [0.717, 1.165) is 0 Å². The lowest BCUT2D eigenvalue weighted by Gasteiger charge is -2.12. The Bertz CT molecular complexity index is 430. The highest BCUT2D eigenvalue weighted by Gasteiger charge is 2.29. The average Bonchev–Trinajstić information content (AvgIpc) is 3.00. The lowest BCUT2D eigenvalue weighted by Crippen LogP contribution is -2.38. The fourth-order valence-corrected chi connectivity index (χ4v) is 1.73. The third-order valence-corrected chi connectivity index (χ3v) is 3.21. The molecule has 0 bridgehead atoms. The fourth-order valence-electron chi connectivity index (χ4n) is 1.73. The van der Waals surface area contributed by atoms with Crippen molar-refractivity contribution in [1.29, 1.82) is 0 Å². The maximum atomic E-state index is 11.8. The van der Waals surface area contributed by atoms with Crippen molar-refractivity contribution >= 4 is 5.91 Å². The Morgan fingerprint density at radius 1 is 1.61 bits per heavy atom. The van der Waals surface area contributed by atoms with Crippen LogP contribution in [0, 0.1) is 5.92 Å². The molecule has 18 heavy (non-hydrogen) atoms. The van der Waals surface area contributed by atoms with Crippen molar-refractivity contribution in [2.45, 2.75) is 45.1 Å². The Labute approximate surface area is 107 Å². The minimum Gasteiger partial charge on any atom is -0.360 e. The summed E-state index contributed by atoms with van der Waals surface area (Å²) in [6.07, 6.45) is 2.35. The van der Waals surface area contributed by atoms with Crippen LogP contribution >= 0.6 is 0 Å². The predicted molar refractivity (Wildman–Crippen MR) is 68.2 cm³/mol. The summed E-state index contributed by atoms with van der Waals surface area (Å²) in [7, 11) is 0. The Balaban J connectivity index is 1.90. The van der Waals surface area contributed by atoms with E-state index in [1.807, 2.05) is 20.8 Å². The summed E-state index contributed by atoms with van der Waals surface area (Å²) in [4.78, 5) is 11.8. The molecule has 1 aromatic rings. The van der Waals surface area contributed by atoms with Crippen LogP contribution in [0.1, 0.15) is 49.9 Å². The van der Waals surface area contributed by atoms with Crippen LogP contribution in [0.25, 0.3) is 0 Å². The van der Waals surface area contributed by atoms with E-state index in [9.17, 15) is 4.79 Å². The smallest absolute Gasteiger partial charge is 0.273 e. The van der Waals surface area contributed by atoms with Crippen LogP contribution in [0.2, 0.25) is 0 Å². The van der Waals surface area contributed by atoms with E-state index in [0.29, 0.717) is 23.9 Å². The van der Waals surface area contributed by atoms with Crippen molar-refractivity contribution in [3.8, 4) is 0 Å². The molecular formula is C13H21N3O2. The number of rotatable bonds is 4. The third kappa shape index (κ3) is 3.10. The number of carbonyl (C=O) groups excluding carboxylic acids is 1. The van der Waals surface area contributed by atoms with Gasteiger partial charge < -0.3 is 15.6 Å². The summed E-state index contributed by atoms with van der Waals surface area (Å²) in [5, 5.41) is 6.59. The minimum atomic E-state index is -0.217. The molecule has 0 spiro atoms. The van der Waals surface area contributed by atoms with Gasteiger partial charge in [-0.25, -0.2) is 0 Å².